The van der Waals surface area contributed by atoms with Crippen LogP contribution < -0.4 is 10.1 Å². The normalized spacial score (nSPS) is 11.4. The van der Waals surface area contributed by atoms with E-state index >= 15 is 0 Å². The molecule has 0 unspecified atom stereocenters. The standard InChI is InChI=1S/C14H20FNO3/c1-14(2,7-13(17)18)9-16-8-10-6-11(15)4-5-12(10)19-3/h4-6,16H,7-9H2,1-3H3,(H,17,18). The second-order valence-electron chi connectivity index (χ2n) is 5.29. The van der Waals surface area contributed by atoms with Gasteiger partial charge in [0.25, 0.3) is 0 Å². The molecule has 0 aliphatic carbocycles. The van der Waals surface area contributed by atoms with Gasteiger partial charge in [-0.2, -0.15) is 0 Å². The molecule has 2 N–H and O–H groups in total. The average Bonchev–Trinajstić information content (AvgIpc) is 2.27. The first-order valence-electron chi connectivity index (χ1n) is 6.09. The van der Waals surface area contributed by atoms with Crippen molar-refractivity contribution >= 4 is 5.97 Å². The van der Waals surface area contributed by atoms with E-state index in [4.69, 9.17) is 9.84 Å². The summed E-state index contributed by atoms with van der Waals surface area (Å²) < 4.78 is 18.3. The fourth-order valence-corrected chi connectivity index (χ4v) is 1.89. The molecule has 0 saturated carbocycles. The van der Waals surface area contributed by atoms with E-state index in [-0.39, 0.29) is 17.7 Å². The van der Waals surface area contributed by atoms with Crippen LogP contribution in [0, 0.1) is 11.2 Å². The Bertz CT molecular complexity index is 446. The summed E-state index contributed by atoms with van der Waals surface area (Å²) in [4.78, 5) is 10.7. The SMILES string of the molecule is COc1ccc(F)cc1CNCC(C)(C)CC(=O)O. The number of aliphatic carboxylic acids is 1. The quantitative estimate of drug-likeness (QED) is 0.798. The number of carboxylic acids is 1. The number of hydrogen-bond acceptors (Lipinski definition) is 3. The minimum Gasteiger partial charge on any atom is -0.496 e. The number of nitrogens with one attached hydrogen (secondary N) is 1. The topological polar surface area (TPSA) is 58.6 Å². The predicted octanol–water partition coefficient (Wildman–Crippen LogP) is 2.42. The number of halogens is 1. The van der Waals surface area contributed by atoms with Crippen molar-refractivity contribution in [1.29, 1.82) is 0 Å². The summed E-state index contributed by atoms with van der Waals surface area (Å²) >= 11 is 0. The largest absolute Gasteiger partial charge is 0.496 e. The Morgan fingerprint density at radius 3 is 2.74 bits per heavy atom. The molecule has 19 heavy (non-hydrogen) atoms. The van der Waals surface area contributed by atoms with Crippen molar-refractivity contribution in [2.75, 3.05) is 13.7 Å². The van der Waals surface area contributed by atoms with E-state index in [1.807, 2.05) is 13.8 Å². The first-order valence-corrected chi connectivity index (χ1v) is 6.09. The fourth-order valence-electron chi connectivity index (χ4n) is 1.89. The van der Waals surface area contributed by atoms with Crippen molar-refractivity contribution in [2.45, 2.75) is 26.8 Å². The molecular formula is C14H20FNO3. The number of benzene rings is 1. The monoisotopic (exact) mass is 269 g/mol. The lowest BCUT2D eigenvalue weighted by molar-refractivity contribution is -0.139. The Morgan fingerprint density at radius 1 is 1.47 bits per heavy atom. The van der Waals surface area contributed by atoms with E-state index in [9.17, 15) is 9.18 Å². The Hall–Kier alpha value is -1.62. The van der Waals surface area contributed by atoms with E-state index in [1.54, 1.807) is 6.07 Å². The molecule has 0 heterocycles. The van der Waals surface area contributed by atoms with Crippen LogP contribution in [0.1, 0.15) is 25.8 Å². The predicted molar refractivity (Wildman–Crippen MR) is 70.7 cm³/mol. The molecule has 1 aromatic carbocycles. The van der Waals surface area contributed by atoms with Crippen molar-refractivity contribution in [3.63, 3.8) is 0 Å². The van der Waals surface area contributed by atoms with Gasteiger partial charge in [-0.05, 0) is 23.6 Å². The second-order valence-corrected chi connectivity index (χ2v) is 5.29. The third-order valence-corrected chi connectivity index (χ3v) is 2.79. The van der Waals surface area contributed by atoms with E-state index in [0.29, 0.717) is 24.4 Å². The maximum Gasteiger partial charge on any atom is 0.303 e. The molecule has 0 amide bonds. The summed E-state index contributed by atoms with van der Waals surface area (Å²) in [5.41, 5.74) is 0.362. The Balaban J connectivity index is 2.57. The fraction of sp³-hybridized carbons (Fsp3) is 0.500. The highest BCUT2D eigenvalue weighted by Crippen LogP contribution is 2.21. The van der Waals surface area contributed by atoms with Gasteiger partial charge in [0.15, 0.2) is 0 Å². The Kier molecular flexibility index (Phi) is 5.30. The number of carboxylic acid groups (broad SMARTS) is 1. The van der Waals surface area contributed by atoms with Crippen LogP contribution in [0.25, 0.3) is 0 Å². The molecular weight excluding hydrogens is 249 g/mol. The molecule has 0 fully saturated rings. The van der Waals surface area contributed by atoms with Gasteiger partial charge in [0.1, 0.15) is 11.6 Å². The van der Waals surface area contributed by atoms with Crippen LogP contribution in [0.4, 0.5) is 4.39 Å². The summed E-state index contributed by atoms with van der Waals surface area (Å²) in [6.45, 7) is 4.71. The second kappa shape index (κ2) is 6.52. The lowest BCUT2D eigenvalue weighted by Gasteiger charge is -2.23. The van der Waals surface area contributed by atoms with Crippen LogP contribution in [0.5, 0.6) is 5.75 Å². The van der Waals surface area contributed by atoms with Crippen LogP contribution in [0.3, 0.4) is 0 Å². The molecule has 4 nitrogen and oxygen atoms in total. The highest BCUT2D eigenvalue weighted by molar-refractivity contribution is 5.67. The summed E-state index contributed by atoms with van der Waals surface area (Å²) in [6.07, 6.45) is 0.0836. The summed E-state index contributed by atoms with van der Waals surface area (Å²) in [6, 6.07) is 4.33. The molecule has 1 rings (SSSR count). The molecule has 0 radical (unpaired) electrons. The molecule has 1 aromatic rings. The molecule has 0 spiro atoms. The van der Waals surface area contributed by atoms with E-state index < -0.39 is 5.97 Å². The van der Waals surface area contributed by atoms with Gasteiger partial charge in [0.2, 0.25) is 0 Å². The first-order chi connectivity index (χ1) is 8.84. The molecule has 0 aliphatic heterocycles. The molecule has 106 valence electrons. The molecule has 0 saturated heterocycles. The first kappa shape index (κ1) is 15.4. The third kappa shape index (κ3) is 5.26. The van der Waals surface area contributed by atoms with Gasteiger partial charge in [0.05, 0.1) is 13.5 Å². The zero-order valence-corrected chi connectivity index (χ0v) is 11.5. The van der Waals surface area contributed by atoms with Crippen molar-refractivity contribution in [2.24, 2.45) is 5.41 Å². The van der Waals surface area contributed by atoms with Crippen LogP contribution in [-0.4, -0.2) is 24.7 Å². The zero-order valence-electron chi connectivity index (χ0n) is 11.5. The molecule has 0 aliphatic rings. The molecule has 0 atom stereocenters. The number of rotatable bonds is 7. The van der Waals surface area contributed by atoms with Gasteiger partial charge in [-0.15, -0.1) is 0 Å². The zero-order chi connectivity index (χ0) is 14.5. The summed E-state index contributed by atoms with van der Waals surface area (Å²) in [5, 5.41) is 11.9. The number of hydrogen-bond donors (Lipinski definition) is 2. The van der Waals surface area contributed by atoms with Gasteiger partial charge < -0.3 is 15.2 Å². The number of ether oxygens (including phenoxy) is 1. The van der Waals surface area contributed by atoms with Crippen LogP contribution in [0.2, 0.25) is 0 Å². The molecule has 5 heteroatoms. The van der Waals surface area contributed by atoms with Gasteiger partial charge in [-0.25, -0.2) is 4.39 Å². The van der Waals surface area contributed by atoms with Crippen molar-refractivity contribution < 1.29 is 19.0 Å². The van der Waals surface area contributed by atoms with Gasteiger partial charge in [0, 0.05) is 18.7 Å². The Morgan fingerprint density at radius 2 is 2.16 bits per heavy atom. The highest BCUT2D eigenvalue weighted by atomic mass is 19.1. The van der Waals surface area contributed by atoms with Crippen molar-refractivity contribution in [3.8, 4) is 5.75 Å². The lowest BCUT2D eigenvalue weighted by Crippen LogP contribution is -2.31. The van der Waals surface area contributed by atoms with E-state index in [1.165, 1.54) is 19.2 Å². The maximum absolute atomic E-state index is 13.2. The minimum atomic E-state index is -0.824. The van der Waals surface area contributed by atoms with Crippen molar-refractivity contribution in [1.82, 2.24) is 5.32 Å². The van der Waals surface area contributed by atoms with Crippen LogP contribution in [-0.2, 0) is 11.3 Å². The minimum absolute atomic E-state index is 0.0836. The third-order valence-electron chi connectivity index (χ3n) is 2.79. The molecule has 0 bridgehead atoms. The van der Waals surface area contributed by atoms with E-state index in [2.05, 4.69) is 5.32 Å². The maximum atomic E-state index is 13.2. The van der Waals surface area contributed by atoms with Gasteiger partial charge in [-0.1, -0.05) is 13.8 Å². The van der Waals surface area contributed by atoms with E-state index in [0.717, 1.165) is 0 Å². The van der Waals surface area contributed by atoms with Crippen molar-refractivity contribution in [3.05, 3.63) is 29.6 Å². The molecule has 0 aromatic heterocycles. The van der Waals surface area contributed by atoms with Gasteiger partial charge in [-0.3, -0.25) is 4.79 Å². The summed E-state index contributed by atoms with van der Waals surface area (Å²) in [5.74, 6) is -0.525. The van der Waals surface area contributed by atoms with Gasteiger partial charge >= 0.3 is 5.97 Å². The Labute approximate surface area is 112 Å². The smallest absolute Gasteiger partial charge is 0.303 e. The number of carbonyl (C=O) groups is 1. The average molecular weight is 269 g/mol. The summed E-state index contributed by atoms with van der Waals surface area (Å²) in [7, 11) is 1.53. The lowest BCUT2D eigenvalue weighted by atomic mass is 9.89. The van der Waals surface area contributed by atoms with Crippen LogP contribution in [0.15, 0.2) is 18.2 Å². The van der Waals surface area contributed by atoms with Crippen LogP contribution >= 0.6 is 0 Å². The highest BCUT2D eigenvalue weighted by Gasteiger charge is 2.21. The number of methoxy groups -OCH3 is 1.